The number of rotatable bonds is 5. The van der Waals surface area contributed by atoms with Gasteiger partial charge in [0.15, 0.2) is 0 Å². The first-order chi connectivity index (χ1) is 8.79. The number of anilines is 1. The number of pyridine rings is 1. The minimum absolute atomic E-state index is 0.249. The highest BCUT2D eigenvalue weighted by Gasteiger charge is 2.32. The zero-order chi connectivity index (χ0) is 14.5. The van der Waals surface area contributed by atoms with Crippen LogP contribution in [0.3, 0.4) is 0 Å². The van der Waals surface area contributed by atoms with Crippen LogP contribution in [-0.2, 0) is 11.0 Å². The molecular formula is C12H16F3N3O. The van der Waals surface area contributed by atoms with Crippen LogP contribution in [0.2, 0.25) is 0 Å². The van der Waals surface area contributed by atoms with Crippen molar-refractivity contribution in [2.45, 2.75) is 32.5 Å². The maximum Gasteiger partial charge on any atom is 0.433 e. The normalized spacial score (nSPS) is 11.7. The van der Waals surface area contributed by atoms with Gasteiger partial charge >= 0.3 is 6.18 Å². The van der Waals surface area contributed by atoms with Crippen LogP contribution >= 0.6 is 0 Å². The van der Waals surface area contributed by atoms with Crippen molar-refractivity contribution in [3.63, 3.8) is 0 Å². The summed E-state index contributed by atoms with van der Waals surface area (Å²) in [5.74, 6) is -0.269. The van der Waals surface area contributed by atoms with Crippen molar-refractivity contribution in [1.82, 2.24) is 10.3 Å². The van der Waals surface area contributed by atoms with Gasteiger partial charge < -0.3 is 10.6 Å². The first kappa shape index (κ1) is 15.4. The summed E-state index contributed by atoms with van der Waals surface area (Å²) in [5.41, 5.74) is -0.727. The average molecular weight is 275 g/mol. The van der Waals surface area contributed by atoms with E-state index >= 15 is 0 Å². The summed E-state index contributed by atoms with van der Waals surface area (Å²) in [7, 11) is 0. The maximum absolute atomic E-state index is 12.3. The van der Waals surface area contributed by atoms with Crippen molar-refractivity contribution >= 4 is 11.6 Å². The fraction of sp³-hybridized carbons (Fsp3) is 0.500. The molecule has 106 valence electrons. The molecular weight excluding hydrogens is 259 g/mol. The van der Waals surface area contributed by atoms with E-state index in [1.165, 1.54) is 6.07 Å². The van der Waals surface area contributed by atoms with E-state index in [-0.39, 0.29) is 24.1 Å². The molecule has 4 nitrogen and oxygen atoms in total. The Morgan fingerprint density at radius 1 is 1.37 bits per heavy atom. The molecule has 0 bridgehead atoms. The standard InChI is InChI=1S/C12H16F3N3O/c1-8(2)16-6-5-11(19)18-9-3-4-10(17-7-9)12(13,14)15/h3-4,7-8,16H,5-6H2,1-2H3,(H,18,19). The van der Waals surface area contributed by atoms with Crippen molar-refractivity contribution in [2.24, 2.45) is 0 Å². The number of hydrogen-bond acceptors (Lipinski definition) is 3. The summed E-state index contributed by atoms with van der Waals surface area (Å²) in [6.45, 7) is 4.42. The van der Waals surface area contributed by atoms with Crippen LogP contribution in [0.1, 0.15) is 26.0 Å². The Kier molecular flexibility index (Phi) is 5.29. The molecule has 0 aliphatic rings. The number of nitrogens with one attached hydrogen (secondary N) is 2. The molecule has 0 fully saturated rings. The number of nitrogens with zero attached hydrogens (tertiary/aromatic N) is 1. The highest BCUT2D eigenvalue weighted by Crippen LogP contribution is 2.27. The van der Waals surface area contributed by atoms with Crippen molar-refractivity contribution < 1.29 is 18.0 Å². The van der Waals surface area contributed by atoms with E-state index < -0.39 is 11.9 Å². The van der Waals surface area contributed by atoms with E-state index in [0.29, 0.717) is 6.54 Å². The largest absolute Gasteiger partial charge is 0.433 e. The lowest BCUT2D eigenvalue weighted by Gasteiger charge is -2.09. The van der Waals surface area contributed by atoms with Crippen LogP contribution in [0.4, 0.5) is 18.9 Å². The maximum atomic E-state index is 12.3. The molecule has 1 rings (SSSR count). The molecule has 0 spiro atoms. The molecule has 0 saturated carbocycles. The van der Waals surface area contributed by atoms with Gasteiger partial charge in [0.2, 0.25) is 5.91 Å². The fourth-order valence-electron chi connectivity index (χ4n) is 1.33. The summed E-state index contributed by atoms with van der Waals surface area (Å²) < 4.78 is 36.8. The van der Waals surface area contributed by atoms with Gasteiger partial charge in [0.1, 0.15) is 5.69 Å². The van der Waals surface area contributed by atoms with Crippen molar-refractivity contribution in [3.05, 3.63) is 24.0 Å². The van der Waals surface area contributed by atoms with Crippen LogP contribution < -0.4 is 10.6 Å². The molecule has 0 unspecified atom stereocenters. The van der Waals surface area contributed by atoms with Crippen LogP contribution in [0.5, 0.6) is 0 Å². The summed E-state index contributed by atoms with van der Waals surface area (Å²) in [6.07, 6.45) is -3.22. The average Bonchev–Trinajstić information content (AvgIpc) is 2.27. The Bertz CT molecular complexity index is 415. The van der Waals surface area contributed by atoms with E-state index in [9.17, 15) is 18.0 Å². The van der Waals surface area contributed by atoms with Crippen LogP contribution in [0, 0.1) is 0 Å². The second kappa shape index (κ2) is 6.51. The van der Waals surface area contributed by atoms with Gasteiger partial charge in [-0.3, -0.25) is 4.79 Å². The van der Waals surface area contributed by atoms with Gasteiger partial charge in [-0.1, -0.05) is 13.8 Å². The van der Waals surface area contributed by atoms with Crippen LogP contribution in [-0.4, -0.2) is 23.5 Å². The fourth-order valence-corrected chi connectivity index (χ4v) is 1.33. The van der Waals surface area contributed by atoms with Gasteiger partial charge in [0.05, 0.1) is 11.9 Å². The van der Waals surface area contributed by atoms with Crippen LogP contribution in [0.15, 0.2) is 18.3 Å². The SMILES string of the molecule is CC(C)NCCC(=O)Nc1ccc(C(F)(F)F)nc1. The topological polar surface area (TPSA) is 54.0 Å². The lowest BCUT2D eigenvalue weighted by molar-refractivity contribution is -0.141. The minimum atomic E-state index is -4.47. The van der Waals surface area contributed by atoms with Crippen molar-refractivity contribution in [1.29, 1.82) is 0 Å². The third-order valence-corrected chi connectivity index (χ3v) is 2.24. The van der Waals surface area contributed by atoms with Gasteiger partial charge in [-0.2, -0.15) is 13.2 Å². The van der Waals surface area contributed by atoms with Gasteiger partial charge in [-0.15, -0.1) is 0 Å². The highest BCUT2D eigenvalue weighted by molar-refractivity contribution is 5.90. The molecule has 0 saturated heterocycles. The first-order valence-corrected chi connectivity index (χ1v) is 5.85. The minimum Gasteiger partial charge on any atom is -0.325 e. The molecule has 0 aliphatic carbocycles. The predicted octanol–water partition coefficient (Wildman–Crippen LogP) is 2.43. The molecule has 1 amide bonds. The molecule has 1 heterocycles. The molecule has 2 N–H and O–H groups in total. The molecule has 0 radical (unpaired) electrons. The quantitative estimate of drug-likeness (QED) is 0.867. The Hall–Kier alpha value is -1.63. The molecule has 0 aromatic carbocycles. The predicted molar refractivity (Wildman–Crippen MR) is 65.6 cm³/mol. The summed E-state index contributed by atoms with van der Waals surface area (Å²) in [4.78, 5) is 14.7. The first-order valence-electron chi connectivity index (χ1n) is 5.85. The molecule has 0 aliphatic heterocycles. The summed E-state index contributed by atoms with van der Waals surface area (Å²) >= 11 is 0. The van der Waals surface area contributed by atoms with E-state index in [4.69, 9.17) is 0 Å². The number of carbonyl (C=O) groups is 1. The summed E-state index contributed by atoms with van der Waals surface area (Å²) in [6, 6.07) is 2.30. The van der Waals surface area contributed by atoms with Crippen molar-refractivity contribution in [2.75, 3.05) is 11.9 Å². The third-order valence-electron chi connectivity index (χ3n) is 2.24. The zero-order valence-electron chi connectivity index (χ0n) is 10.7. The number of alkyl halides is 3. The van der Waals surface area contributed by atoms with E-state index in [1.54, 1.807) is 0 Å². The second-order valence-electron chi connectivity index (χ2n) is 4.34. The highest BCUT2D eigenvalue weighted by atomic mass is 19.4. The molecule has 1 aromatic rings. The molecule has 19 heavy (non-hydrogen) atoms. The lowest BCUT2D eigenvalue weighted by atomic mass is 10.3. The van der Waals surface area contributed by atoms with E-state index in [0.717, 1.165) is 12.3 Å². The molecule has 7 heteroatoms. The van der Waals surface area contributed by atoms with Gasteiger partial charge in [0, 0.05) is 19.0 Å². The Balaban J connectivity index is 2.47. The summed E-state index contributed by atoms with van der Waals surface area (Å²) in [5, 5.41) is 5.55. The number of carbonyl (C=O) groups excluding carboxylic acids is 1. The zero-order valence-corrected chi connectivity index (χ0v) is 10.7. The van der Waals surface area contributed by atoms with E-state index in [2.05, 4.69) is 15.6 Å². The third kappa shape index (κ3) is 5.69. The number of amides is 1. The molecule has 0 atom stereocenters. The van der Waals surface area contributed by atoms with Gasteiger partial charge in [-0.05, 0) is 12.1 Å². The van der Waals surface area contributed by atoms with Crippen LogP contribution in [0.25, 0.3) is 0 Å². The van der Waals surface area contributed by atoms with Gasteiger partial charge in [0.25, 0.3) is 0 Å². The number of halogens is 3. The van der Waals surface area contributed by atoms with E-state index in [1.807, 2.05) is 13.8 Å². The van der Waals surface area contributed by atoms with Crippen molar-refractivity contribution in [3.8, 4) is 0 Å². The smallest absolute Gasteiger partial charge is 0.325 e. The van der Waals surface area contributed by atoms with Gasteiger partial charge in [-0.25, -0.2) is 4.98 Å². The number of hydrogen-bond donors (Lipinski definition) is 2. The molecule has 1 aromatic heterocycles. The number of aromatic nitrogens is 1. The Morgan fingerprint density at radius 3 is 2.53 bits per heavy atom. The monoisotopic (exact) mass is 275 g/mol. The Morgan fingerprint density at radius 2 is 2.05 bits per heavy atom. The second-order valence-corrected chi connectivity index (χ2v) is 4.34. The lowest BCUT2D eigenvalue weighted by Crippen LogP contribution is -2.27. The Labute approximate surface area is 109 Å².